The highest BCUT2D eigenvalue weighted by molar-refractivity contribution is 9.10. The highest BCUT2D eigenvalue weighted by atomic mass is 79.9. The van der Waals surface area contributed by atoms with Gasteiger partial charge in [0.1, 0.15) is 5.82 Å². The molecular weight excluding hydrogens is 325 g/mol. The van der Waals surface area contributed by atoms with Crippen molar-refractivity contribution in [2.24, 2.45) is 0 Å². The summed E-state index contributed by atoms with van der Waals surface area (Å²) in [5, 5.41) is 3.48. The maximum Gasteiger partial charge on any atom is 0.123 e. The second kappa shape index (κ2) is 6.64. The van der Waals surface area contributed by atoms with Crippen LogP contribution in [0.1, 0.15) is 28.3 Å². The molecule has 1 aromatic carbocycles. The molecule has 0 spiro atoms. The van der Waals surface area contributed by atoms with Crippen molar-refractivity contribution in [2.75, 3.05) is 6.54 Å². The number of aryl methyl sites for hydroxylation is 1. The van der Waals surface area contributed by atoms with E-state index in [1.54, 1.807) is 23.5 Å². The summed E-state index contributed by atoms with van der Waals surface area (Å²) in [4.78, 5) is 2.56. The van der Waals surface area contributed by atoms with E-state index in [1.807, 2.05) is 6.07 Å². The topological polar surface area (TPSA) is 12.0 Å². The van der Waals surface area contributed by atoms with Gasteiger partial charge in [-0.15, -0.1) is 11.3 Å². The van der Waals surface area contributed by atoms with E-state index in [1.165, 1.54) is 15.8 Å². The normalized spacial score (nSPS) is 12.6. The van der Waals surface area contributed by atoms with Crippen molar-refractivity contribution >= 4 is 27.3 Å². The average molecular weight is 342 g/mol. The second-order valence-electron chi connectivity index (χ2n) is 4.51. The Hall–Kier alpha value is -0.710. The van der Waals surface area contributed by atoms with Crippen molar-refractivity contribution in [2.45, 2.75) is 26.3 Å². The molecule has 1 unspecified atom stereocenters. The molecule has 0 fully saturated rings. The van der Waals surface area contributed by atoms with Crippen LogP contribution in [0.5, 0.6) is 0 Å². The van der Waals surface area contributed by atoms with Crippen LogP contribution in [0.25, 0.3) is 0 Å². The van der Waals surface area contributed by atoms with Gasteiger partial charge in [0.05, 0.1) is 0 Å². The van der Waals surface area contributed by atoms with Gasteiger partial charge in [-0.3, -0.25) is 0 Å². The molecule has 1 aromatic heterocycles. The van der Waals surface area contributed by atoms with Crippen molar-refractivity contribution in [1.29, 1.82) is 0 Å². The zero-order valence-electron chi connectivity index (χ0n) is 11.0. The van der Waals surface area contributed by atoms with E-state index in [0.29, 0.717) is 0 Å². The molecule has 0 aliphatic rings. The number of hydrogen-bond acceptors (Lipinski definition) is 2. The fourth-order valence-electron chi connectivity index (χ4n) is 2.14. The molecule has 0 saturated heterocycles. The Morgan fingerprint density at radius 1 is 1.37 bits per heavy atom. The number of thiophene rings is 1. The van der Waals surface area contributed by atoms with Gasteiger partial charge in [-0.05, 0) is 59.6 Å². The molecule has 0 radical (unpaired) electrons. The fraction of sp³-hybridized carbons (Fsp3) is 0.333. The Morgan fingerprint density at radius 3 is 2.74 bits per heavy atom. The van der Waals surface area contributed by atoms with E-state index in [9.17, 15) is 4.39 Å². The van der Waals surface area contributed by atoms with E-state index >= 15 is 0 Å². The molecule has 102 valence electrons. The van der Waals surface area contributed by atoms with Crippen LogP contribution in [0.4, 0.5) is 4.39 Å². The molecule has 0 aliphatic carbocycles. The summed E-state index contributed by atoms with van der Waals surface area (Å²) in [6.07, 6.45) is 0.796. The molecule has 0 aliphatic heterocycles. The van der Waals surface area contributed by atoms with Crippen molar-refractivity contribution in [3.8, 4) is 0 Å². The monoisotopic (exact) mass is 341 g/mol. The first kappa shape index (κ1) is 14.7. The highest BCUT2D eigenvalue weighted by Gasteiger charge is 2.17. The summed E-state index contributed by atoms with van der Waals surface area (Å²) in [7, 11) is 0. The van der Waals surface area contributed by atoms with Crippen molar-refractivity contribution in [3.05, 3.63) is 55.9 Å². The summed E-state index contributed by atoms with van der Waals surface area (Å²) < 4.78 is 14.4. The third-order valence-electron chi connectivity index (χ3n) is 2.93. The maximum absolute atomic E-state index is 13.3. The molecule has 4 heteroatoms. The van der Waals surface area contributed by atoms with Gasteiger partial charge in [-0.1, -0.05) is 19.1 Å². The third kappa shape index (κ3) is 3.88. The predicted molar refractivity (Wildman–Crippen MR) is 83.3 cm³/mol. The molecule has 0 saturated carbocycles. The van der Waals surface area contributed by atoms with Gasteiger partial charge in [-0.25, -0.2) is 4.39 Å². The summed E-state index contributed by atoms with van der Waals surface area (Å²) >= 11 is 5.39. The third-order valence-corrected chi connectivity index (χ3v) is 5.01. The minimum Gasteiger partial charge on any atom is -0.309 e. The quantitative estimate of drug-likeness (QED) is 0.819. The minimum absolute atomic E-state index is 0.172. The Kier molecular flexibility index (Phi) is 5.13. The summed E-state index contributed by atoms with van der Waals surface area (Å²) in [5.74, 6) is -0.172. The van der Waals surface area contributed by atoms with E-state index < -0.39 is 0 Å². The number of hydrogen-bond donors (Lipinski definition) is 1. The van der Waals surface area contributed by atoms with E-state index in [0.717, 1.165) is 23.0 Å². The number of rotatable bonds is 5. The van der Waals surface area contributed by atoms with Crippen LogP contribution in [0, 0.1) is 12.7 Å². The standard InChI is InChI=1S/C15H17BrFNS/c1-3-18-14(15-13(16)7-10(2)19-15)9-11-5-4-6-12(17)8-11/h4-8,14,18H,3,9H2,1-2H3. The van der Waals surface area contributed by atoms with Gasteiger partial charge in [-0.2, -0.15) is 0 Å². The molecule has 0 bridgehead atoms. The van der Waals surface area contributed by atoms with Gasteiger partial charge < -0.3 is 5.32 Å². The van der Waals surface area contributed by atoms with Gasteiger partial charge >= 0.3 is 0 Å². The Bertz CT molecular complexity index is 553. The molecule has 1 atom stereocenters. The molecule has 2 aromatic rings. The van der Waals surface area contributed by atoms with Crippen LogP contribution in [-0.4, -0.2) is 6.54 Å². The average Bonchev–Trinajstić information content (AvgIpc) is 2.68. The van der Waals surface area contributed by atoms with Crippen molar-refractivity contribution < 1.29 is 4.39 Å². The van der Waals surface area contributed by atoms with Gasteiger partial charge in [0, 0.05) is 20.3 Å². The fourth-order valence-corrected chi connectivity index (χ4v) is 4.15. The first-order chi connectivity index (χ1) is 9.10. The van der Waals surface area contributed by atoms with E-state index in [2.05, 4.69) is 41.2 Å². The molecule has 0 amide bonds. The maximum atomic E-state index is 13.3. The van der Waals surface area contributed by atoms with Crippen LogP contribution in [0.3, 0.4) is 0 Å². The summed E-state index contributed by atoms with van der Waals surface area (Å²) in [6.45, 7) is 5.08. The number of benzene rings is 1. The first-order valence-corrected chi connectivity index (χ1v) is 7.94. The number of nitrogens with one attached hydrogen (secondary N) is 1. The Labute approximate surface area is 126 Å². The molecule has 1 heterocycles. The lowest BCUT2D eigenvalue weighted by Crippen LogP contribution is -2.22. The van der Waals surface area contributed by atoms with Crippen LogP contribution < -0.4 is 5.32 Å². The van der Waals surface area contributed by atoms with Crippen molar-refractivity contribution in [3.63, 3.8) is 0 Å². The predicted octanol–water partition coefficient (Wildman–Crippen LogP) is 4.85. The lowest BCUT2D eigenvalue weighted by Gasteiger charge is -2.17. The second-order valence-corrected chi connectivity index (χ2v) is 6.66. The minimum atomic E-state index is -0.172. The molecule has 1 nitrogen and oxygen atoms in total. The Morgan fingerprint density at radius 2 is 2.16 bits per heavy atom. The van der Waals surface area contributed by atoms with Crippen LogP contribution in [-0.2, 0) is 6.42 Å². The smallest absolute Gasteiger partial charge is 0.123 e. The van der Waals surface area contributed by atoms with Gasteiger partial charge in [0.15, 0.2) is 0 Å². The van der Waals surface area contributed by atoms with E-state index in [4.69, 9.17) is 0 Å². The highest BCUT2D eigenvalue weighted by Crippen LogP contribution is 2.33. The van der Waals surface area contributed by atoms with Crippen LogP contribution in [0.2, 0.25) is 0 Å². The van der Waals surface area contributed by atoms with Crippen LogP contribution >= 0.6 is 27.3 Å². The molecule has 1 N–H and O–H groups in total. The first-order valence-electron chi connectivity index (χ1n) is 6.33. The number of likely N-dealkylation sites (N-methyl/N-ethyl adjacent to an activating group) is 1. The largest absolute Gasteiger partial charge is 0.309 e. The zero-order chi connectivity index (χ0) is 13.8. The molecule has 2 rings (SSSR count). The molecular formula is C15H17BrFNS. The number of halogens is 2. The summed E-state index contributed by atoms with van der Waals surface area (Å²) in [5.41, 5.74) is 1.02. The van der Waals surface area contributed by atoms with Crippen LogP contribution in [0.15, 0.2) is 34.8 Å². The SMILES string of the molecule is CCNC(Cc1cccc(F)c1)c1sc(C)cc1Br. The van der Waals surface area contributed by atoms with E-state index in [-0.39, 0.29) is 11.9 Å². The zero-order valence-corrected chi connectivity index (χ0v) is 13.4. The molecule has 19 heavy (non-hydrogen) atoms. The summed E-state index contributed by atoms with van der Waals surface area (Å²) in [6, 6.07) is 9.19. The van der Waals surface area contributed by atoms with Crippen molar-refractivity contribution in [1.82, 2.24) is 5.32 Å². The lowest BCUT2D eigenvalue weighted by atomic mass is 10.0. The van der Waals surface area contributed by atoms with Gasteiger partial charge in [0.2, 0.25) is 0 Å². The Balaban J connectivity index is 2.23. The lowest BCUT2D eigenvalue weighted by molar-refractivity contribution is 0.553. The van der Waals surface area contributed by atoms with Gasteiger partial charge in [0.25, 0.3) is 0 Å².